The average Bonchev–Trinajstić information content (AvgIpc) is 3.51. The van der Waals surface area contributed by atoms with Crippen LogP contribution >= 0.6 is 0 Å². The van der Waals surface area contributed by atoms with Crippen molar-refractivity contribution in [2.45, 2.75) is 19.3 Å². The summed E-state index contributed by atoms with van der Waals surface area (Å²) in [6.07, 6.45) is 8.52. The van der Waals surface area contributed by atoms with Crippen LogP contribution in [0.4, 0.5) is 0 Å². The lowest BCUT2D eigenvalue weighted by Gasteiger charge is -2.22. The van der Waals surface area contributed by atoms with Crippen LogP contribution in [0.15, 0.2) is 207 Å². The second-order valence-electron chi connectivity index (χ2n) is 16.5. The molecule has 10 aromatic rings. The normalized spacial score (nSPS) is 13.5. The third-order valence-electron chi connectivity index (χ3n) is 12.8. The van der Waals surface area contributed by atoms with Crippen LogP contribution in [0.1, 0.15) is 36.1 Å². The maximum absolute atomic E-state index is 4.09. The summed E-state index contributed by atoms with van der Waals surface area (Å²) in [6.45, 7) is 8.82. The minimum atomic E-state index is -0.0962. The standard InChI is InChI=1S/C59H42/c1-4-12-38(19-27-48-35-49-28-22-41-21-20-40-15-8-9-17-51(40)57(41)58(49)54-18-11-10-16-50(48)54)42-23-24-44-34-45(26-25-43(44)33-42)47-30-32-53-52-31-29-46(39-13-6-5-7-14-39)36-55(52)59(2,3)56(53)37-47/h4-37H,1H2,2-3H3. The van der Waals surface area contributed by atoms with Gasteiger partial charge in [0.05, 0.1) is 0 Å². The van der Waals surface area contributed by atoms with E-state index >= 15 is 0 Å². The van der Waals surface area contributed by atoms with Crippen molar-refractivity contribution in [1.29, 1.82) is 0 Å². The molecule has 1 aliphatic rings. The fourth-order valence-electron chi connectivity index (χ4n) is 9.75. The van der Waals surface area contributed by atoms with E-state index in [1.165, 1.54) is 104 Å². The Hall–Kier alpha value is -7.28. The van der Waals surface area contributed by atoms with E-state index in [9.17, 15) is 0 Å². The molecule has 0 radical (unpaired) electrons. The summed E-state index contributed by atoms with van der Waals surface area (Å²) >= 11 is 0. The van der Waals surface area contributed by atoms with Crippen LogP contribution in [-0.2, 0) is 5.41 Å². The van der Waals surface area contributed by atoms with E-state index in [0.717, 1.165) is 11.1 Å². The van der Waals surface area contributed by atoms with E-state index < -0.39 is 0 Å². The molecule has 0 amide bonds. The van der Waals surface area contributed by atoms with Gasteiger partial charge >= 0.3 is 0 Å². The number of benzene rings is 10. The van der Waals surface area contributed by atoms with Crippen LogP contribution in [0, 0.1) is 0 Å². The monoisotopic (exact) mass is 750 g/mol. The summed E-state index contributed by atoms with van der Waals surface area (Å²) in [7, 11) is 0. The molecule has 59 heavy (non-hydrogen) atoms. The molecule has 1 aliphatic carbocycles. The Kier molecular flexibility index (Phi) is 8.10. The highest BCUT2D eigenvalue weighted by Gasteiger charge is 2.36. The van der Waals surface area contributed by atoms with Crippen LogP contribution in [0.25, 0.3) is 98.9 Å². The van der Waals surface area contributed by atoms with E-state index in [4.69, 9.17) is 0 Å². The van der Waals surface area contributed by atoms with Crippen LogP contribution in [-0.4, -0.2) is 0 Å². The molecule has 0 fully saturated rings. The Labute approximate surface area is 345 Å². The van der Waals surface area contributed by atoms with Crippen LogP contribution in [0.2, 0.25) is 0 Å². The average molecular weight is 751 g/mol. The van der Waals surface area contributed by atoms with E-state index in [2.05, 4.69) is 221 Å². The highest BCUT2D eigenvalue weighted by molar-refractivity contribution is 6.28. The second kappa shape index (κ2) is 13.7. The molecule has 0 heterocycles. The number of hydrogen-bond acceptors (Lipinski definition) is 0. The minimum Gasteiger partial charge on any atom is -0.0990 e. The molecule has 0 N–H and O–H groups in total. The second-order valence-corrected chi connectivity index (χ2v) is 16.5. The lowest BCUT2D eigenvalue weighted by atomic mass is 9.81. The van der Waals surface area contributed by atoms with Gasteiger partial charge in [0.1, 0.15) is 0 Å². The van der Waals surface area contributed by atoms with Crippen molar-refractivity contribution in [2.24, 2.45) is 0 Å². The lowest BCUT2D eigenvalue weighted by molar-refractivity contribution is 0.661. The maximum Gasteiger partial charge on any atom is 0.0159 e. The van der Waals surface area contributed by atoms with Gasteiger partial charge in [-0.3, -0.25) is 0 Å². The minimum absolute atomic E-state index is 0.0962. The molecule has 0 atom stereocenters. The number of allylic oxidation sites excluding steroid dienone is 4. The van der Waals surface area contributed by atoms with E-state index in [1.54, 1.807) is 0 Å². The number of fused-ring (bicyclic) bond motifs is 11. The van der Waals surface area contributed by atoms with Crippen molar-refractivity contribution in [3.8, 4) is 33.4 Å². The van der Waals surface area contributed by atoms with Gasteiger partial charge in [0.15, 0.2) is 0 Å². The lowest BCUT2D eigenvalue weighted by Crippen LogP contribution is -2.15. The van der Waals surface area contributed by atoms with Gasteiger partial charge in [-0.1, -0.05) is 196 Å². The van der Waals surface area contributed by atoms with Crippen molar-refractivity contribution < 1.29 is 0 Å². The largest absolute Gasteiger partial charge is 0.0990 e. The summed E-state index contributed by atoms with van der Waals surface area (Å²) < 4.78 is 0. The molecule has 0 saturated heterocycles. The van der Waals surface area contributed by atoms with Gasteiger partial charge in [0.2, 0.25) is 0 Å². The quantitative estimate of drug-likeness (QED) is 0.117. The first-order valence-electron chi connectivity index (χ1n) is 20.6. The zero-order chi connectivity index (χ0) is 39.7. The molecule has 11 rings (SSSR count). The smallest absolute Gasteiger partial charge is 0.0159 e. The molecule has 0 saturated carbocycles. The zero-order valence-corrected chi connectivity index (χ0v) is 33.3. The van der Waals surface area contributed by atoms with Gasteiger partial charge in [-0.15, -0.1) is 0 Å². The summed E-state index contributed by atoms with van der Waals surface area (Å²) in [5, 5.41) is 12.7. The SMILES string of the molecule is C=CC=C(C=Cc1cc2ccc3ccc4ccccc4c3c2c2ccccc12)c1ccc2cc(-c3ccc4c(c3)C(C)(C)c3cc(-c5ccccc5)ccc3-4)ccc2c1. The Morgan fingerprint density at radius 1 is 0.441 bits per heavy atom. The summed E-state index contributed by atoms with van der Waals surface area (Å²) in [4.78, 5) is 0. The Morgan fingerprint density at radius 2 is 1.00 bits per heavy atom. The third kappa shape index (κ3) is 5.75. The van der Waals surface area contributed by atoms with Crippen molar-refractivity contribution in [2.75, 3.05) is 0 Å². The van der Waals surface area contributed by atoms with Crippen LogP contribution in [0.3, 0.4) is 0 Å². The molecule has 278 valence electrons. The molecule has 0 heteroatoms. The summed E-state index contributed by atoms with van der Waals surface area (Å²) in [5.74, 6) is 0. The molecule has 0 nitrogen and oxygen atoms in total. The first-order chi connectivity index (χ1) is 28.9. The fourth-order valence-corrected chi connectivity index (χ4v) is 9.75. The van der Waals surface area contributed by atoms with Gasteiger partial charge in [-0.25, -0.2) is 0 Å². The number of rotatable bonds is 6. The highest BCUT2D eigenvalue weighted by Crippen LogP contribution is 2.51. The van der Waals surface area contributed by atoms with Crippen molar-refractivity contribution >= 4 is 65.5 Å². The topological polar surface area (TPSA) is 0 Å². The van der Waals surface area contributed by atoms with Gasteiger partial charge in [-0.2, -0.15) is 0 Å². The van der Waals surface area contributed by atoms with Crippen LogP contribution in [0.5, 0.6) is 0 Å². The Balaban J connectivity index is 0.925. The highest BCUT2D eigenvalue weighted by atomic mass is 14.4. The number of hydrogen-bond donors (Lipinski definition) is 0. The van der Waals surface area contributed by atoms with Gasteiger partial charge in [0, 0.05) is 5.41 Å². The van der Waals surface area contributed by atoms with Gasteiger partial charge in [0.25, 0.3) is 0 Å². The zero-order valence-electron chi connectivity index (χ0n) is 33.3. The van der Waals surface area contributed by atoms with E-state index in [1.807, 2.05) is 6.08 Å². The first-order valence-corrected chi connectivity index (χ1v) is 20.6. The molecular formula is C59H42. The van der Waals surface area contributed by atoms with E-state index in [0.29, 0.717) is 0 Å². The van der Waals surface area contributed by atoms with Crippen molar-refractivity contribution in [1.82, 2.24) is 0 Å². The van der Waals surface area contributed by atoms with Crippen LogP contribution < -0.4 is 0 Å². The van der Waals surface area contributed by atoms with Crippen molar-refractivity contribution in [3.05, 3.63) is 229 Å². The first kappa shape index (κ1) is 34.9. The van der Waals surface area contributed by atoms with E-state index in [-0.39, 0.29) is 5.41 Å². The Morgan fingerprint density at radius 3 is 1.76 bits per heavy atom. The van der Waals surface area contributed by atoms with Crippen molar-refractivity contribution in [3.63, 3.8) is 0 Å². The summed E-state index contributed by atoms with van der Waals surface area (Å²) in [5.41, 5.74) is 13.9. The summed E-state index contributed by atoms with van der Waals surface area (Å²) in [6, 6.07) is 67.4. The molecule has 0 spiro atoms. The molecular weight excluding hydrogens is 709 g/mol. The Bertz CT molecular complexity index is 3410. The fraction of sp³-hybridized carbons (Fsp3) is 0.0508. The predicted molar refractivity (Wildman–Crippen MR) is 256 cm³/mol. The molecule has 0 aliphatic heterocycles. The third-order valence-corrected chi connectivity index (χ3v) is 12.8. The molecule has 0 unspecified atom stereocenters. The molecule has 0 bridgehead atoms. The van der Waals surface area contributed by atoms with Gasteiger partial charge < -0.3 is 0 Å². The predicted octanol–water partition coefficient (Wildman–Crippen LogP) is 16.4. The molecule has 10 aromatic carbocycles. The molecule has 0 aromatic heterocycles. The van der Waals surface area contributed by atoms with Gasteiger partial charge in [-0.05, 0) is 145 Å². The maximum atomic E-state index is 4.09.